The summed E-state index contributed by atoms with van der Waals surface area (Å²) < 4.78 is 0. The second-order valence-corrected chi connectivity index (χ2v) is 6.12. The van der Waals surface area contributed by atoms with Gasteiger partial charge in [0.15, 0.2) is 0 Å². The molecule has 3 rings (SSSR count). The van der Waals surface area contributed by atoms with Crippen LogP contribution in [0.5, 0.6) is 0 Å². The third-order valence-electron chi connectivity index (χ3n) is 4.42. The number of anilines is 1. The van der Waals surface area contributed by atoms with E-state index in [-0.39, 0.29) is 12.5 Å². The molecule has 1 aromatic carbocycles. The predicted molar refractivity (Wildman–Crippen MR) is 97.6 cm³/mol. The average Bonchev–Trinajstić information content (AvgIpc) is 2.68. The van der Waals surface area contributed by atoms with Crippen LogP contribution in [0.1, 0.15) is 15.9 Å². The first-order valence-corrected chi connectivity index (χ1v) is 8.62. The van der Waals surface area contributed by atoms with Gasteiger partial charge in [-0.1, -0.05) is 30.3 Å². The molecule has 1 fully saturated rings. The van der Waals surface area contributed by atoms with Crippen LogP contribution in [0, 0.1) is 0 Å². The van der Waals surface area contributed by atoms with Crippen molar-refractivity contribution in [2.24, 2.45) is 0 Å². The lowest BCUT2D eigenvalue weighted by molar-refractivity contribution is 0.0951. The van der Waals surface area contributed by atoms with E-state index in [1.807, 2.05) is 36.4 Å². The molecule has 2 heterocycles. The van der Waals surface area contributed by atoms with Crippen molar-refractivity contribution < 1.29 is 9.90 Å². The zero-order valence-electron chi connectivity index (χ0n) is 14.3. The maximum atomic E-state index is 12.4. The van der Waals surface area contributed by atoms with E-state index < -0.39 is 0 Å². The number of aromatic nitrogens is 1. The van der Waals surface area contributed by atoms with Crippen LogP contribution >= 0.6 is 0 Å². The molecule has 0 bridgehead atoms. The van der Waals surface area contributed by atoms with Crippen LogP contribution in [0.2, 0.25) is 0 Å². The number of β-amino-alcohol motifs (C(OH)–C–C–N with tert-alkyl or cyclic N) is 1. The van der Waals surface area contributed by atoms with E-state index in [0.717, 1.165) is 37.6 Å². The van der Waals surface area contributed by atoms with Crippen molar-refractivity contribution in [1.82, 2.24) is 15.2 Å². The molecule has 6 nitrogen and oxygen atoms in total. The molecule has 0 radical (unpaired) electrons. The largest absolute Gasteiger partial charge is 0.395 e. The summed E-state index contributed by atoms with van der Waals surface area (Å²) in [5.74, 6) is 0.738. The SMILES string of the molecule is O=C(NCc1ccccc1)c1ccnc(N2CCN(CCO)CC2)c1. The van der Waals surface area contributed by atoms with E-state index >= 15 is 0 Å². The van der Waals surface area contributed by atoms with Crippen molar-refractivity contribution in [2.45, 2.75) is 6.54 Å². The lowest BCUT2D eigenvalue weighted by atomic mass is 10.2. The van der Waals surface area contributed by atoms with E-state index in [9.17, 15) is 4.79 Å². The first-order chi connectivity index (χ1) is 12.3. The van der Waals surface area contributed by atoms with Crippen molar-refractivity contribution in [2.75, 3.05) is 44.2 Å². The molecule has 25 heavy (non-hydrogen) atoms. The Balaban J connectivity index is 1.58. The Labute approximate surface area is 148 Å². The highest BCUT2D eigenvalue weighted by Crippen LogP contribution is 2.15. The Morgan fingerprint density at radius 1 is 1.12 bits per heavy atom. The van der Waals surface area contributed by atoms with Crippen LogP contribution in [0.15, 0.2) is 48.7 Å². The van der Waals surface area contributed by atoms with Crippen LogP contribution in [0.3, 0.4) is 0 Å². The molecular weight excluding hydrogens is 316 g/mol. The minimum Gasteiger partial charge on any atom is -0.395 e. The van der Waals surface area contributed by atoms with E-state index in [1.165, 1.54) is 0 Å². The first kappa shape index (κ1) is 17.4. The van der Waals surface area contributed by atoms with Gasteiger partial charge >= 0.3 is 0 Å². The van der Waals surface area contributed by atoms with Crippen molar-refractivity contribution >= 4 is 11.7 Å². The Morgan fingerprint density at radius 3 is 2.60 bits per heavy atom. The van der Waals surface area contributed by atoms with Gasteiger partial charge in [-0.3, -0.25) is 9.69 Å². The predicted octanol–water partition coefficient (Wildman–Crippen LogP) is 1.13. The zero-order chi connectivity index (χ0) is 17.5. The molecule has 0 aliphatic carbocycles. The van der Waals surface area contributed by atoms with E-state index in [1.54, 1.807) is 12.3 Å². The second-order valence-electron chi connectivity index (χ2n) is 6.12. The number of piperazine rings is 1. The molecule has 0 atom stereocenters. The summed E-state index contributed by atoms with van der Waals surface area (Å²) in [6.07, 6.45) is 1.69. The second kappa shape index (κ2) is 8.60. The highest BCUT2D eigenvalue weighted by Gasteiger charge is 2.18. The summed E-state index contributed by atoms with van der Waals surface area (Å²) in [4.78, 5) is 21.2. The van der Waals surface area contributed by atoms with Gasteiger partial charge in [-0.2, -0.15) is 0 Å². The number of nitrogens with one attached hydrogen (secondary N) is 1. The smallest absolute Gasteiger partial charge is 0.251 e. The Kier molecular flexibility index (Phi) is 5.98. The van der Waals surface area contributed by atoms with Crippen molar-refractivity contribution in [1.29, 1.82) is 0 Å². The monoisotopic (exact) mass is 340 g/mol. The minimum atomic E-state index is -0.0913. The van der Waals surface area contributed by atoms with Gasteiger partial charge in [0.05, 0.1) is 6.61 Å². The fourth-order valence-corrected chi connectivity index (χ4v) is 2.95. The highest BCUT2D eigenvalue weighted by molar-refractivity contribution is 5.94. The third-order valence-corrected chi connectivity index (χ3v) is 4.42. The molecule has 132 valence electrons. The molecule has 0 unspecified atom stereocenters. The van der Waals surface area contributed by atoms with Gasteiger partial charge in [-0.25, -0.2) is 4.98 Å². The van der Waals surface area contributed by atoms with Gasteiger partial charge in [-0.05, 0) is 17.7 Å². The Morgan fingerprint density at radius 2 is 1.88 bits per heavy atom. The molecule has 0 spiro atoms. The average molecular weight is 340 g/mol. The lowest BCUT2D eigenvalue weighted by Crippen LogP contribution is -2.47. The number of carbonyl (C=O) groups is 1. The fourth-order valence-electron chi connectivity index (χ4n) is 2.95. The fraction of sp³-hybridized carbons (Fsp3) is 0.368. The normalized spacial score (nSPS) is 15.2. The van der Waals surface area contributed by atoms with Gasteiger partial charge in [0.2, 0.25) is 0 Å². The summed E-state index contributed by atoms with van der Waals surface area (Å²) in [5, 5.41) is 12.0. The maximum Gasteiger partial charge on any atom is 0.251 e. The van der Waals surface area contributed by atoms with Crippen LogP contribution in [0.4, 0.5) is 5.82 Å². The minimum absolute atomic E-state index is 0.0913. The molecule has 1 aliphatic heterocycles. The van der Waals surface area contributed by atoms with Crippen molar-refractivity contribution in [3.63, 3.8) is 0 Å². The molecule has 2 N–H and O–H groups in total. The summed E-state index contributed by atoms with van der Waals surface area (Å²) >= 11 is 0. The van der Waals surface area contributed by atoms with E-state index in [2.05, 4.69) is 20.1 Å². The van der Waals surface area contributed by atoms with Gasteiger partial charge in [-0.15, -0.1) is 0 Å². The van der Waals surface area contributed by atoms with Gasteiger partial charge in [0, 0.05) is 51.0 Å². The molecular formula is C19H24N4O2. The number of pyridine rings is 1. The molecule has 0 saturated carbocycles. The number of hydrogen-bond donors (Lipinski definition) is 2. The van der Waals surface area contributed by atoms with Crippen LogP contribution < -0.4 is 10.2 Å². The standard InChI is InChI=1S/C19H24N4O2/c24-13-12-22-8-10-23(11-9-22)18-14-17(6-7-20-18)19(25)21-15-16-4-2-1-3-5-16/h1-7,14,24H,8-13,15H2,(H,21,25). The number of aliphatic hydroxyl groups excluding tert-OH is 1. The molecule has 6 heteroatoms. The number of benzene rings is 1. The van der Waals surface area contributed by atoms with Crippen LogP contribution in [-0.2, 0) is 6.54 Å². The maximum absolute atomic E-state index is 12.4. The molecule has 1 aromatic heterocycles. The lowest BCUT2D eigenvalue weighted by Gasteiger charge is -2.35. The Hall–Kier alpha value is -2.44. The molecule has 1 amide bonds. The third kappa shape index (κ3) is 4.78. The van der Waals surface area contributed by atoms with Crippen molar-refractivity contribution in [3.8, 4) is 0 Å². The topological polar surface area (TPSA) is 68.7 Å². The number of nitrogens with zero attached hydrogens (tertiary/aromatic N) is 3. The van der Waals surface area contributed by atoms with E-state index in [4.69, 9.17) is 5.11 Å². The van der Waals surface area contributed by atoms with E-state index in [0.29, 0.717) is 18.7 Å². The highest BCUT2D eigenvalue weighted by atomic mass is 16.3. The quantitative estimate of drug-likeness (QED) is 0.825. The van der Waals surface area contributed by atoms with Gasteiger partial charge < -0.3 is 15.3 Å². The number of carbonyl (C=O) groups excluding carboxylic acids is 1. The number of amides is 1. The summed E-state index contributed by atoms with van der Waals surface area (Å²) in [6.45, 7) is 4.90. The number of aliphatic hydroxyl groups is 1. The summed E-state index contributed by atoms with van der Waals surface area (Å²) in [6, 6.07) is 13.5. The number of rotatable bonds is 6. The van der Waals surface area contributed by atoms with Gasteiger partial charge in [0.25, 0.3) is 5.91 Å². The molecule has 2 aromatic rings. The Bertz CT molecular complexity index is 685. The van der Waals surface area contributed by atoms with Crippen LogP contribution in [-0.4, -0.2) is 60.2 Å². The van der Waals surface area contributed by atoms with Crippen LogP contribution in [0.25, 0.3) is 0 Å². The first-order valence-electron chi connectivity index (χ1n) is 8.62. The molecule has 1 saturated heterocycles. The zero-order valence-corrected chi connectivity index (χ0v) is 14.3. The summed E-state index contributed by atoms with van der Waals surface area (Å²) in [7, 11) is 0. The van der Waals surface area contributed by atoms with Crippen molar-refractivity contribution in [3.05, 3.63) is 59.8 Å². The summed E-state index contributed by atoms with van der Waals surface area (Å²) in [5.41, 5.74) is 1.70. The number of hydrogen-bond acceptors (Lipinski definition) is 5. The van der Waals surface area contributed by atoms with Gasteiger partial charge in [0.1, 0.15) is 5.82 Å². The molecule has 1 aliphatic rings.